The third-order valence-electron chi connectivity index (χ3n) is 6.72. The van der Waals surface area contributed by atoms with Crippen molar-refractivity contribution < 1.29 is 32.6 Å². The van der Waals surface area contributed by atoms with Crippen LogP contribution in [0.2, 0.25) is 0 Å². The first-order valence-electron chi connectivity index (χ1n) is 17.1. The smallest absolute Gasteiger partial charge is 0.361 e. The summed E-state index contributed by atoms with van der Waals surface area (Å²) < 4.78 is 48.9. The standard InChI is InChI=1S/C22H31O5P.C18H23O2P/c1-7-24-28(23,25-8-2)21-15-10-9-12-18(21)22-19(26-16(3)4)13-11-14-20(22)27-17(5)6;1-12(2)19-15-9-7-10-16(20-13(3)4)18(15)14-8-5-6-11-17(14)21/h9-17H,7-8H2,1-6H3;5-13H,21H2,1-4H3. The molecule has 0 aliphatic carbocycles. The van der Waals surface area contributed by atoms with Crippen LogP contribution in [0.15, 0.2) is 84.9 Å². The van der Waals surface area contributed by atoms with Gasteiger partial charge in [-0.15, -0.1) is 9.24 Å². The molecule has 7 nitrogen and oxygen atoms in total. The molecule has 0 radical (unpaired) electrons. The van der Waals surface area contributed by atoms with Crippen molar-refractivity contribution in [2.75, 3.05) is 13.2 Å². The second-order valence-corrected chi connectivity index (χ2v) is 15.0. The number of hydrogen-bond donors (Lipinski definition) is 0. The minimum atomic E-state index is -3.49. The molecular formula is C40H54O7P2. The Bertz CT molecular complexity index is 1600. The lowest BCUT2D eigenvalue weighted by molar-refractivity contribution is 0.229. The van der Waals surface area contributed by atoms with E-state index in [1.165, 1.54) is 0 Å². The van der Waals surface area contributed by atoms with E-state index in [1.807, 2.05) is 122 Å². The van der Waals surface area contributed by atoms with E-state index in [0.717, 1.165) is 39.1 Å². The zero-order valence-corrected chi connectivity index (χ0v) is 32.7. The quantitative estimate of drug-likeness (QED) is 0.114. The lowest BCUT2D eigenvalue weighted by Gasteiger charge is -2.24. The van der Waals surface area contributed by atoms with Gasteiger partial charge in [-0.05, 0) is 110 Å². The highest BCUT2D eigenvalue weighted by Gasteiger charge is 2.32. The Hall–Kier alpha value is -3.34. The highest BCUT2D eigenvalue weighted by atomic mass is 31.2. The molecule has 4 rings (SSSR count). The Morgan fingerprint density at radius 1 is 0.510 bits per heavy atom. The van der Waals surface area contributed by atoms with Crippen LogP contribution in [0.1, 0.15) is 69.2 Å². The van der Waals surface area contributed by atoms with E-state index in [-0.39, 0.29) is 37.6 Å². The highest BCUT2D eigenvalue weighted by molar-refractivity contribution is 7.62. The Morgan fingerprint density at radius 3 is 1.22 bits per heavy atom. The van der Waals surface area contributed by atoms with Gasteiger partial charge in [0.1, 0.15) is 23.0 Å². The third kappa shape index (κ3) is 11.3. The molecule has 266 valence electrons. The highest BCUT2D eigenvalue weighted by Crippen LogP contribution is 2.51. The summed E-state index contributed by atoms with van der Waals surface area (Å²) in [5.41, 5.74) is 3.61. The van der Waals surface area contributed by atoms with Crippen LogP contribution in [0.5, 0.6) is 23.0 Å². The number of rotatable bonds is 15. The maximum atomic E-state index is 13.5. The Kier molecular flexibility index (Phi) is 15.7. The SMILES string of the molecule is CC(C)Oc1cccc(OC(C)C)c1-c1ccccc1P.CCOP(=O)(OCC)c1ccccc1-c1c(OC(C)C)cccc1OC(C)C. The lowest BCUT2D eigenvalue weighted by Crippen LogP contribution is -2.16. The summed E-state index contributed by atoms with van der Waals surface area (Å²) in [6, 6.07) is 27.3. The van der Waals surface area contributed by atoms with Crippen molar-refractivity contribution in [3.05, 3.63) is 84.9 Å². The van der Waals surface area contributed by atoms with E-state index in [4.69, 9.17) is 28.0 Å². The van der Waals surface area contributed by atoms with Gasteiger partial charge in [0.25, 0.3) is 0 Å². The Labute approximate surface area is 296 Å². The monoisotopic (exact) mass is 708 g/mol. The van der Waals surface area contributed by atoms with E-state index in [1.54, 1.807) is 19.9 Å². The van der Waals surface area contributed by atoms with Gasteiger partial charge in [-0.1, -0.05) is 54.6 Å². The molecule has 9 heteroatoms. The lowest BCUT2D eigenvalue weighted by atomic mass is 10.0. The maximum absolute atomic E-state index is 13.5. The second-order valence-electron chi connectivity index (χ2n) is 12.4. The fourth-order valence-corrected chi connectivity index (χ4v) is 7.26. The molecule has 4 aromatic rings. The summed E-state index contributed by atoms with van der Waals surface area (Å²) >= 11 is 0. The molecule has 4 aromatic carbocycles. The fourth-order valence-electron chi connectivity index (χ4n) is 5.13. The molecule has 0 saturated heterocycles. The zero-order valence-electron chi connectivity index (χ0n) is 30.7. The zero-order chi connectivity index (χ0) is 36.1. The van der Waals surface area contributed by atoms with E-state index >= 15 is 0 Å². The van der Waals surface area contributed by atoms with Crippen molar-refractivity contribution in [1.82, 2.24) is 0 Å². The molecule has 0 heterocycles. The van der Waals surface area contributed by atoms with Crippen LogP contribution in [-0.2, 0) is 13.6 Å². The van der Waals surface area contributed by atoms with Crippen LogP contribution in [0.25, 0.3) is 22.3 Å². The molecule has 1 unspecified atom stereocenters. The first-order chi connectivity index (χ1) is 23.3. The molecule has 1 atom stereocenters. The number of ether oxygens (including phenoxy) is 4. The first-order valence-corrected chi connectivity index (χ1v) is 19.2. The summed E-state index contributed by atoms with van der Waals surface area (Å²) in [6.45, 7) is 20.2. The minimum Gasteiger partial charge on any atom is -0.490 e. The van der Waals surface area contributed by atoms with Crippen molar-refractivity contribution in [3.8, 4) is 45.3 Å². The van der Waals surface area contributed by atoms with Gasteiger partial charge in [-0.2, -0.15) is 0 Å². The fraction of sp³-hybridized carbons (Fsp3) is 0.400. The average Bonchev–Trinajstić information content (AvgIpc) is 3.01. The Balaban J connectivity index is 0.000000276. The summed E-state index contributed by atoms with van der Waals surface area (Å²) in [4.78, 5) is 0. The van der Waals surface area contributed by atoms with Crippen LogP contribution in [-0.4, -0.2) is 37.6 Å². The predicted octanol–water partition coefficient (Wildman–Crippen LogP) is 10.2. The Morgan fingerprint density at radius 2 is 0.857 bits per heavy atom. The molecule has 0 amide bonds. The maximum Gasteiger partial charge on any atom is 0.361 e. The van der Waals surface area contributed by atoms with Crippen LogP contribution in [0.4, 0.5) is 0 Å². The molecular weight excluding hydrogens is 654 g/mol. The van der Waals surface area contributed by atoms with Gasteiger partial charge in [-0.3, -0.25) is 4.57 Å². The van der Waals surface area contributed by atoms with Gasteiger partial charge in [0.15, 0.2) is 0 Å². The van der Waals surface area contributed by atoms with Gasteiger partial charge in [0, 0.05) is 5.56 Å². The summed E-state index contributed by atoms with van der Waals surface area (Å²) in [5, 5.41) is 1.64. The van der Waals surface area contributed by atoms with Gasteiger partial charge < -0.3 is 28.0 Å². The van der Waals surface area contributed by atoms with Crippen molar-refractivity contribution in [3.63, 3.8) is 0 Å². The van der Waals surface area contributed by atoms with Crippen LogP contribution < -0.4 is 29.6 Å². The molecule has 0 spiro atoms. The van der Waals surface area contributed by atoms with Crippen molar-refractivity contribution in [1.29, 1.82) is 0 Å². The number of benzene rings is 4. The normalized spacial score (nSPS) is 11.5. The van der Waals surface area contributed by atoms with Gasteiger partial charge in [-0.25, -0.2) is 0 Å². The van der Waals surface area contributed by atoms with E-state index in [0.29, 0.717) is 16.8 Å². The second kappa shape index (κ2) is 19.2. The molecule has 0 aliphatic heterocycles. The van der Waals surface area contributed by atoms with E-state index in [9.17, 15) is 4.57 Å². The molecule has 0 aromatic heterocycles. The molecule has 0 bridgehead atoms. The van der Waals surface area contributed by atoms with Crippen LogP contribution in [0, 0.1) is 0 Å². The topological polar surface area (TPSA) is 72.5 Å². The molecule has 0 saturated carbocycles. The van der Waals surface area contributed by atoms with Crippen molar-refractivity contribution in [2.45, 2.75) is 93.7 Å². The van der Waals surface area contributed by atoms with Crippen LogP contribution in [0.3, 0.4) is 0 Å². The summed E-state index contributed by atoms with van der Waals surface area (Å²) in [6.07, 6.45) is 0.195. The molecule has 0 fully saturated rings. The summed E-state index contributed by atoms with van der Waals surface area (Å²) in [5.74, 6) is 3.05. The van der Waals surface area contributed by atoms with Gasteiger partial charge in [0.05, 0.1) is 54.1 Å². The first kappa shape index (κ1) is 40.1. The summed E-state index contributed by atoms with van der Waals surface area (Å²) in [7, 11) is -0.711. The predicted molar refractivity (Wildman–Crippen MR) is 207 cm³/mol. The average molecular weight is 709 g/mol. The van der Waals surface area contributed by atoms with Crippen LogP contribution >= 0.6 is 16.8 Å². The third-order valence-corrected chi connectivity index (χ3v) is 9.40. The van der Waals surface area contributed by atoms with Crippen molar-refractivity contribution >= 4 is 27.4 Å². The molecule has 49 heavy (non-hydrogen) atoms. The molecule has 0 N–H and O–H groups in total. The number of hydrogen-bond acceptors (Lipinski definition) is 7. The molecule has 0 aliphatic rings. The van der Waals surface area contributed by atoms with E-state index < -0.39 is 7.60 Å². The van der Waals surface area contributed by atoms with E-state index in [2.05, 4.69) is 21.4 Å². The van der Waals surface area contributed by atoms with Gasteiger partial charge in [0.2, 0.25) is 0 Å². The minimum absolute atomic E-state index is 0.0224. The largest absolute Gasteiger partial charge is 0.490 e. The van der Waals surface area contributed by atoms with Crippen molar-refractivity contribution in [2.24, 2.45) is 0 Å². The van der Waals surface area contributed by atoms with Gasteiger partial charge >= 0.3 is 7.60 Å².